The maximum atomic E-state index is 13.6. The fraction of sp³-hybridized carbons (Fsp3) is 0.429. The van der Waals surface area contributed by atoms with Crippen LogP contribution in [0.25, 0.3) is 11.1 Å². The summed E-state index contributed by atoms with van der Waals surface area (Å²) in [5.74, 6) is -2.11. The molecule has 2 aromatic carbocycles. The van der Waals surface area contributed by atoms with Gasteiger partial charge in [0.2, 0.25) is 5.91 Å². The summed E-state index contributed by atoms with van der Waals surface area (Å²) in [4.78, 5) is 51.2. The van der Waals surface area contributed by atoms with Crippen LogP contribution >= 0.6 is 0 Å². The molecule has 4 saturated heterocycles. The minimum absolute atomic E-state index is 0.0276. The molecule has 3 unspecified atom stereocenters. The van der Waals surface area contributed by atoms with Crippen molar-refractivity contribution in [2.24, 2.45) is 17.6 Å². The van der Waals surface area contributed by atoms with Crippen molar-refractivity contribution in [1.82, 2.24) is 4.90 Å². The van der Waals surface area contributed by atoms with E-state index in [0.29, 0.717) is 29.0 Å². The van der Waals surface area contributed by atoms with Crippen LogP contribution in [0.3, 0.4) is 0 Å². The fourth-order valence-corrected chi connectivity index (χ4v) is 8.62. The summed E-state index contributed by atoms with van der Waals surface area (Å²) >= 11 is 0. The zero-order valence-electron chi connectivity index (χ0n) is 26.1. The summed E-state index contributed by atoms with van der Waals surface area (Å²) in [7, 11) is 0. The van der Waals surface area contributed by atoms with Gasteiger partial charge < -0.3 is 34.5 Å². The van der Waals surface area contributed by atoms with Crippen LogP contribution in [0.15, 0.2) is 59.8 Å². The number of nitrogens with two attached hydrogens (primary N) is 1. The third kappa shape index (κ3) is 4.68. The number of fused-ring (bicyclic) bond motifs is 7. The van der Waals surface area contributed by atoms with Crippen molar-refractivity contribution >= 4 is 23.6 Å². The number of quaternary nitrogens is 2. The molecular weight excluding hydrogens is 588 g/mol. The number of carboxylic acid groups (broad SMARTS) is 1. The number of carbonyl (C=O) groups excluding carboxylic acids is 3. The molecule has 8 rings (SSSR count). The summed E-state index contributed by atoms with van der Waals surface area (Å²) in [5.41, 5.74) is 9.99. The number of hydrogen-bond donors (Lipinski definition) is 3. The van der Waals surface area contributed by atoms with Gasteiger partial charge in [0.25, 0.3) is 5.91 Å². The molecular formula is C35H40N4O7+2. The van der Waals surface area contributed by atoms with Crippen LogP contribution < -0.4 is 10.5 Å². The Morgan fingerprint density at radius 3 is 2.39 bits per heavy atom. The quantitative estimate of drug-likeness (QED) is 0.229. The first kappa shape index (κ1) is 30.3. The Hall–Kier alpha value is -4.32. The lowest BCUT2D eigenvalue weighted by molar-refractivity contribution is -1.08. The van der Waals surface area contributed by atoms with Crippen molar-refractivity contribution in [2.75, 3.05) is 52.4 Å². The molecule has 5 heterocycles. The van der Waals surface area contributed by atoms with Crippen LogP contribution in [0.1, 0.15) is 35.3 Å². The number of carbonyl (C=O) groups is 4. The van der Waals surface area contributed by atoms with E-state index in [2.05, 4.69) is 6.07 Å². The van der Waals surface area contributed by atoms with Crippen molar-refractivity contribution in [3.63, 3.8) is 0 Å². The van der Waals surface area contributed by atoms with Crippen LogP contribution in [-0.4, -0.2) is 112 Å². The fourth-order valence-electron chi connectivity index (χ4n) is 8.62. The van der Waals surface area contributed by atoms with E-state index in [4.69, 9.17) is 10.5 Å². The normalized spacial score (nSPS) is 29.9. The number of carboxylic acids is 1. The van der Waals surface area contributed by atoms with E-state index < -0.39 is 18.0 Å². The SMILES string of the molecule is CC(O)C1C(=O)N2C(C(=O)O)=C(/C=C/COc3cccc4c3-c3ccc(C[N+]56CC[N+](CC(N)=O)(CC5)CC6)cc3C4=O)[C@H](C)C12. The molecule has 4 fully saturated rings. The topological polar surface area (TPSA) is 147 Å². The summed E-state index contributed by atoms with van der Waals surface area (Å²) in [6, 6.07) is 11.2. The molecule has 2 aromatic rings. The molecule has 6 aliphatic rings. The van der Waals surface area contributed by atoms with E-state index in [-0.39, 0.29) is 41.9 Å². The van der Waals surface area contributed by atoms with Crippen LogP contribution in [0.5, 0.6) is 5.75 Å². The maximum absolute atomic E-state index is 13.6. The van der Waals surface area contributed by atoms with Crippen LogP contribution in [-0.2, 0) is 20.9 Å². The molecule has 11 heteroatoms. The smallest absolute Gasteiger partial charge is 0.352 e. The van der Waals surface area contributed by atoms with Crippen molar-refractivity contribution in [2.45, 2.75) is 32.5 Å². The second-order valence-corrected chi connectivity index (χ2v) is 13.8. The van der Waals surface area contributed by atoms with Crippen molar-refractivity contribution in [3.05, 3.63) is 76.5 Å². The van der Waals surface area contributed by atoms with Gasteiger partial charge in [0, 0.05) is 28.2 Å². The average Bonchev–Trinajstić information content (AvgIpc) is 3.44. The van der Waals surface area contributed by atoms with E-state index in [1.54, 1.807) is 25.1 Å². The second-order valence-electron chi connectivity index (χ2n) is 13.8. The van der Waals surface area contributed by atoms with Crippen LogP contribution in [0.2, 0.25) is 0 Å². The van der Waals surface area contributed by atoms with Gasteiger partial charge in [0.15, 0.2) is 12.3 Å². The first-order valence-corrected chi connectivity index (χ1v) is 16.0. The summed E-state index contributed by atoms with van der Waals surface area (Å²) in [6.45, 7) is 10.6. The van der Waals surface area contributed by atoms with Gasteiger partial charge in [-0.15, -0.1) is 0 Å². The number of hydrogen-bond acceptors (Lipinski definition) is 6. The lowest BCUT2D eigenvalue weighted by Crippen LogP contribution is -2.75. The standard InChI is InChI=1S/C35H38N4O7/c1-20-23(32(35(44)45)37-31(20)29(21(2)40)34(37)43)6-4-16-46-27-7-3-5-25-30(27)24-9-8-22(17-26(24)33(25)42)18-38-10-13-39(14-11-38,15-12-38)19-28(36)41/h3-9,17,20-21,29,31,40H,10-16,18-19H2,1-2H3,(H-2,36,41,44,45)/p+2/b6-4+/t20-,21?,29?,31?,38?,39?/m0/s1. The number of nitrogens with zero attached hydrogens (tertiary/aromatic N) is 3. The van der Waals surface area contributed by atoms with E-state index in [9.17, 15) is 29.4 Å². The molecule has 0 saturated carbocycles. The minimum atomic E-state index is -1.18. The summed E-state index contributed by atoms with van der Waals surface area (Å²) in [6.07, 6.45) is 2.56. The average molecular weight is 629 g/mol. The summed E-state index contributed by atoms with van der Waals surface area (Å²) < 4.78 is 7.91. The Kier molecular flexibility index (Phi) is 7.18. The highest BCUT2D eigenvalue weighted by atomic mass is 16.5. The number of primary amides is 1. The molecule has 4 atom stereocenters. The molecule has 2 amide bonds. The first-order chi connectivity index (χ1) is 21.9. The number of ketones is 1. The minimum Gasteiger partial charge on any atom is -0.489 e. The number of ether oxygens (including phenoxy) is 1. The number of rotatable bonds is 10. The number of amides is 2. The second kappa shape index (κ2) is 10.9. The molecule has 46 heavy (non-hydrogen) atoms. The Bertz CT molecular complexity index is 1720. The number of β-lactam (4-membered cyclic amide) rings is 1. The molecule has 2 bridgehead atoms. The third-order valence-electron chi connectivity index (χ3n) is 11.1. The maximum Gasteiger partial charge on any atom is 0.352 e. The highest BCUT2D eigenvalue weighted by Crippen LogP contribution is 2.48. The lowest BCUT2D eigenvalue weighted by atomic mass is 9.78. The predicted octanol–water partition coefficient (Wildman–Crippen LogP) is 1.68. The van der Waals surface area contributed by atoms with Gasteiger partial charge in [0.1, 0.15) is 63.9 Å². The molecule has 1 aliphatic carbocycles. The third-order valence-corrected chi connectivity index (χ3v) is 11.1. The Morgan fingerprint density at radius 2 is 1.74 bits per heavy atom. The van der Waals surface area contributed by atoms with Crippen molar-refractivity contribution in [1.29, 1.82) is 0 Å². The van der Waals surface area contributed by atoms with Crippen LogP contribution in [0.4, 0.5) is 0 Å². The number of benzene rings is 2. The molecule has 4 N–H and O–H groups in total. The van der Waals surface area contributed by atoms with Crippen molar-refractivity contribution < 1.29 is 43.1 Å². The highest BCUT2D eigenvalue weighted by Gasteiger charge is 2.59. The lowest BCUT2D eigenvalue weighted by Gasteiger charge is -2.55. The molecule has 0 aromatic heterocycles. The van der Waals surface area contributed by atoms with E-state index in [0.717, 1.165) is 71.5 Å². The Labute approximate surface area is 267 Å². The molecule has 11 nitrogen and oxygen atoms in total. The highest BCUT2D eigenvalue weighted by molar-refractivity contribution is 6.22. The Morgan fingerprint density at radius 1 is 1.04 bits per heavy atom. The van der Waals surface area contributed by atoms with Gasteiger partial charge in [-0.3, -0.25) is 14.4 Å². The van der Waals surface area contributed by atoms with E-state index in [1.807, 2.05) is 31.2 Å². The van der Waals surface area contributed by atoms with Gasteiger partial charge >= 0.3 is 5.97 Å². The molecule has 240 valence electrons. The van der Waals surface area contributed by atoms with Gasteiger partial charge in [-0.05, 0) is 36.3 Å². The molecule has 5 aliphatic heterocycles. The molecule has 0 radical (unpaired) electrons. The van der Waals surface area contributed by atoms with Gasteiger partial charge in [-0.1, -0.05) is 37.3 Å². The number of aliphatic hydroxyl groups excluding tert-OH is 1. The zero-order valence-corrected chi connectivity index (χ0v) is 26.1. The number of aliphatic carboxylic acids is 1. The largest absolute Gasteiger partial charge is 0.489 e. The van der Waals surface area contributed by atoms with Crippen molar-refractivity contribution in [3.8, 4) is 16.9 Å². The van der Waals surface area contributed by atoms with Gasteiger partial charge in [-0.25, -0.2) is 4.79 Å². The number of aliphatic hydroxyl groups is 1. The summed E-state index contributed by atoms with van der Waals surface area (Å²) in [5, 5.41) is 20.0. The van der Waals surface area contributed by atoms with Gasteiger partial charge in [-0.2, -0.15) is 0 Å². The monoisotopic (exact) mass is 628 g/mol. The van der Waals surface area contributed by atoms with E-state index in [1.165, 1.54) is 4.90 Å². The zero-order chi connectivity index (χ0) is 32.5. The molecule has 0 spiro atoms. The van der Waals surface area contributed by atoms with E-state index >= 15 is 0 Å². The first-order valence-electron chi connectivity index (χ1n) is 16.0. The van der Waals surface area contributed by atoms with Crippen LogP contribution in [0, 0.1) is 11.8 Å². The number of allylic oxidation sites excluding steroid dienone is 1. The number of piperazine rings is 3. The van der Waals surface area contributed by atoms with Gasteiger partial charge in [0.05, 0.1) is 18.1 Å². The predicted molar refractivity (Wildman–Crippen MR) is 167 cm³/mol. The Balaban J connectivity index is 1.07.